The third-order valence-electron chi connectivity index (χ3n) is 5.23. The summed E-state index contributed by atoms with van der Waals surface area (Å²) in [6, 6.07) is 13.8. The van der Waals surface area contributed by atoms with Gasteiger partial charge in [0.1, 0.15) is 0 Å². The molecule has 2 aromatic rings. The van der Waals surface area contributed by atoms with Crippen molar-refractivity contribution in [3.63, 3.8) is 0 Å². The van der Waals surface area contributed by atoms with Gasteiger partial charge in [0.25, 0.3) is 0 Å². The Morgan fingerprint density at radius 2 is 1.77 bits per heavy atom. The van der Waals surface area contributed by atoms with Crippen molar-refractivity contribution in [2.45, 2.75) is 30.3 Å². The molecule has 1 heterocycles. The Bertz CT molecular complexity index is 1020. The third kappa shape index (κ3) is 5.44. The van der Waals surface area contributed by atoms with E-state index in [0.717, 1.165) is 16.7 Å². The molecule has 0 fully saturated rings. The van der Waals surface area contributed by atoms with Gasteiger partial charge in [-0.1, -0.05) is 36.4 Å². The van der Waals surface area contributed by atoms with Gasteiger partial charge in [0.05, 0.1) is 17.5 Å². The maximum absolute atomic E-state index is 12.5. The summed E-state index contributed by atoms with van der Waals surface area (Å²) in [4.78, 5) is 26.7. The Hall–Kier alpha value is -2.75. The van der Waals surface area contributed by atoms with Crippen molar-refractivity contribution in [3.05, 3.63) is 65.2 Å². The molecule has 1 atom stereocenters. The quantitative estimate of drug-likeness (QED) is 0.578. The van der Waals surface area contributed by atoms with E-state index in [-0.39, 0.29) is 29.3 Å². The number of hydrogen-bond acceptors (Lipinski definition) is 5. The van der Waals surface area contributed by atoms with Crippen molar-refractivity contribution in [1.29, 1.82) is 0 Å². The Kier molecular flexibility index (Phi) is 6.86. The molecule has 0 bridgehead atoms. The second kappa shape index (κ2) is 9.38. The monoisotopic (exact) mass is 430 g/mol. The van der Waals surface area contributed by atoms with Crippen LogP contribution in [0, 0.1) is 0 Å². The molecule has 2 aromatic carbocycles. The van der Waals surface area contributed by atoms with Gasteiger partial charge in [0, 0.05) is 20.1 Å². The fourth-order valence-corrected chi connectivity index (χ4v) is 4.12. The van der Waals surface area contributed by atoms with Crippen molar-refractivity contribution >= 4 is 21.8 Å². The molecule has 160 valence electrons. The van der Waals surface area contributed by atoms with E-state index in [0.29, 0.717) is 25.9 Å². The highest BCUT2D eigenvalue weighted by Crippen LogP contribution is 2.23. The molecular formula is C21H26N4O4S. The minimum Gasteiger partial charge on any atom is -0.358 e. The Morgan fingerprint density at radius 1 is 1.10 bits per heavy atom. The number of nitrogens with zero attached hydrogens (tertiary/aromatic N) is 1. The molecular weight excluding hydrogens is 404 g/mol. The first kappa shape index (κ1) is 21.9. The lowest BCUT2D eigenvalue weighted by Crippen LogP contribution is -2.52. The summed E-state index contributed by atoms with van der Waals surface area (Å²) in [5, 5.41) is 10.6. The SMILES string of the molecule is CNC(=O)[C@@H]1Cc2ccccc2CN1CC(=O)NCCc1ccc(S(N)(=O)=O)cc1. The van der Waals surface area contributed by atoms with Crippen LogP contribution in [0.5, 0.6) is 0 Å². The van der Waals surface area contributed by atoms with Crippen LogP contribution in [0.3, 0.4) is 0 Å². The van der Waals surface area contributed by atoms with Crippen molar-refractivity contribution in [2.24, 2.45) is 5.14 Å². The molecule has 0 radical (unpaired) electrons. The molecule has 8 nitrogen and oxygen atoms in total. The smallest absolute Gasteiger partial charge is 0.238 e. The van der Waals surface area contributed by atoms with Gasteiger partial charge in [-0.3, -0.25) is 14.5 Å². The van der Waals surface area contributed by atoms with Gasteiger partial charge in [-0.25, -0.2) is 13.6 Å². The molecule has 9 heteroatoms. The molecule has 30 heavy (non-hydrogen) atoms. The molecule has 4 N–H and O–H groups in total. The van der Waals surface area contributed by atoms with E-state index < -0.39 is 10.0 Å². The lowest BCUT2D eigenvalue weighted by Gasteiger charge is -2.35. The number of primary sulfonamides is 1. The summed E-state index contributed by atoms with van der Waals surface area (Å²) in [5.41, 5.74) is 3.14. The number of rotatable bonds is 7. The van der Waals surface area contributed by atoms with E-state index in [1.807, 2.05) is 29.2 Å². The summed E-state index contributed by atoms with van der Waals surface area (Å²) in [5.74, 6) is -0.267. The minimum atomic E-state index is -3.71. The van der Waals surface area contributed by atoms with E-state index in [1.54, 1.807) is 19.2 Å². The highest BCUT2D eigenvalue weighted by atomic mass is 32.2. The molecule has 2 amide bonds. The van der Waals surface area contributed by atoms with Crippen LogP contribution >= 0.6 is 0 Å². The largest absolute Gasteiger partial charge is 0.358 e. The predicted molar refractivity (Wildman–Crippen MR) is 113 cm³/mol. The maximum Gasteiger partial charge on any atom is 0.238 e. The summed E-state index contributed by atoms with van der Waals surface area (Å²) in [6.45, 7) is 1.07. The van der Waals surface area contributed by atoms with Gasteiger partial charge in [-0.2, -0.15) is 0 Å². The molecule has 1 aliphatic rings. The summed E-state index contributed by atoms with van der Waals surface area (Å²) in [7, 11) is -2.11. The second-order valence-corrected chi connectivity index (χ2v) is 8.86. The Balaban J connectivity index is 1.56. The van der Waals surface area contributed by atoms with Gasteiger partial charge in [0.2, 0.25) is 21.8 Å². The van der Waals surface area contributed by atoms with E-state index >= 15 is 0 Å². The van der Waals surface area contributed by atoms with E-state index in [9.17, 15) is 18.0 Å². The Labute approximate surface area is 176 Å². The first-order chi connectivity index (χ1) is 14.3. The van der Waals surface area contributed by atoms with Gasteiger partial charge in [-0.05, 0) is 41.7 Å². The zero-order valence-corrected chi connectivity index (χ0v) is 17.6. The van der Waals surface area contributed by atoms with Crippen LogP contribution in [0.1, 0.15) is 16.7 Å². The number of carbonyl (C=O) groups is 2. The van der Waals surface area contributed by atoms with E-state index in [1.165, 1.54) is 12.1 Å². The zero-order valence-electron chi connectivity index (χ0n) is 16.8. The number of nitrogens with one attached hydrogen (secondary N) is 2. The van der Waals surface area contributed by atoms with Crippen LogP contribution in [-0.4, -0.2) is 51.3 Å². The second-order valence-electron chi connectivity index (χ2n) is 7.30. The van der Waals surface area contributed by atoms with E-state index in [4.69, 9.17) is 5.14 Å². The topological polar surface area (TPSA) is 122 Å². The number of sulfonamides is 1. The first-order valence-corrected chi connectivity index (χ1v) is 11.2. The molecule has 0 saturated carbocycles. The van der Waals surface area contributed by atoms with Crippen molar-refractivity contribution in [1.82, 2.24) is 15.5 Å². The fourth-order valence-electron chi connectivity index (χ4n) is 3.60. The van der Waals surface area contributed by atoms with Crippen LogP contribution in [0.15, 0.2) is 53.4 Å². The van der Waals surface area contributed by atoms with Crippen molar-refractivity contribution in [2.75, 3.05) is 20.1 Å². The van der Waals surface area contributed by atoms with Crippen LogP contribution in [-0.2, 0) is 39.0 Å². The first-order valence-electron chi connectivity index (χ1n) is 9.69. The number of likely N-dealkylation sites (N-methyl/N-ethyl adjacent to an activating group) is 1. The highest BCUT2D eigenvalue weighted by Gasteiger charge is 2.31. The predicted octanol–water partition coefficient (Wildman–Crippen LogP) is 0.166. The molecule has 3 rings (SSSR count). The van der Waals surface area contributed by atoms with Crippen LogP contribution in [0.4, 0.5) is 0 Å². The van der Waals surface area contributed by atoms with Crippen LogP contribution in [0.25, 0.3) is 0 Å². The van der Waals surface area contributed by atoms with Crippen LogP contribution in [0.2, 0.25) is 0 Å². The number of carbonyl (C=O) groups excluding carboxylic acids is 2. The molecule has 0 unspecified atom stereocenters. The molecule has 0 aromatic heterocycles. The highest BCUT2D eigenvalue weighted by molar-refractivity contribution is 7.89. The molecule has 0 aliphatic carbocycles. The Morgan fingerprint density at radius 3 is 2.40 bits per heavy atom. The summed E-state index contributed by atoms with van der Waals surface area (Å²) < 4.78 is 22.6. The molecule has 0 spiro atoms. The van der Waals surface area contributed by atoms with Crippen LogP contribution < -0.4 is 15.8 Å². The van der Waals surface area contributed by atoms with Crippen molar-refractivity contribution < 1.29 is 18.0 Å². The molecule has 0 saturated heterocycles. The lowest BCUT2D eigenvalue weighted by molar-refractivity contribution is -0.129. The minimum absolute atomic E-state index is 0.0564. The normalized spacial score (nSPS) is 16.5. The number of amides is 2. The summed E-state index contributed by atoms with van der Waals surface area (Å²) in [6.07, 6.45) is 1.12. The van der Waals surface area contributed by atoms with E-state index in [2.05, 4.69) is 10.6 Å². The fraction of sp³-hybridized carbons (Fsp3) is 0.333. The third-order valence-corrected chi connectivity index (χ3v) is 6.16. The van der Waals surface area contributed by atoms with Gasteiger partial charge in [-0.15, -0.1) is 0 Å². The molecule has 1 aliphatic heterocycles. The van der Waals surface area contributed by atoms with Gasteiger partial charge in [0.15, 0.2) is 0 Å². The zero-order chi connectivity index (χ0) is 21.7. The average molecular weight is 431 g/mol. The lowest BCUT2D eigenvalue weighted by atomic mass is 9.93. The van der Waals surface area contributed by atoms with Crippen molar-refractivity contribution in [3.8, 4) is 0 Å². The standard InChI is InChI=1S/C21H26N4O4S/c1-23-21(27)19-12-16-4-2-3-5-17(16)13-25(19)14-20(26)24-11-10-15-6-8-18(9-7-15)30(22,28)29/h2-9,19H,10-14H2,1H3,(H,23,27)(H,24,26)(H2,22,28,29)/t19-/m0/s1. The number of fused-ring (bicyclic) bond motifs is 1. The summed E-state index contributed by atoms with van der Waals surface area (Å²) >= 11 is 0. The number of nitrogens with two attached hydrogens (primary N) is 1. The van der Waals surface area contributed by atoms with Gasteiger partial charge >= 0.3 is 0 Å². The number of hydrogen-bond donors (Lipinski definition) is 3. The average Bonchev–Trinajstić information content (AvgIpc) is 2.72. The maximum atomic E-state index is 12.5. The number of benzene rings is 2. The van der Waals surface area contributed by atoms with Gasteiger partial charge < -0.3 is 10.6 Å².